The molecule has 0 spiro atoms. The number of fused-ring (bicyclic) bond motifs is 1. The number of ketones is 2. The van der Waals surface area contributed by atoms with E-state index in [1.165, 1.54) is 13.2 Å². The molecule has 0 radical (unpaired) electrons. The van der Waals surface area contributed by atoms with E-state index in [0.717, 1.165) is 47.4 Å². The number of aryl methyl sites for hydroxylation is 1. The van der Waals surface area contributed by atoms with Crippen LogP contribution in [0.5, 0.6) is 5.75 Å². The van der Waals surface area contributed by atoms with Crippen molar-refractivity contribution in [1.82, 2.24) is 9.88 Å². The van der Waals surface area contributed by atoms with E-state index in [-0.39, 0.29) is 35.9 Å². The number of carbonyl (C=O) groups excluding carboxylic acids is 2. The molecule has 7 heteroatoms. The summed E-state index contributed by atoms with van der Waals surface area (Å²) in [4.78, 5) is 38.0. The summed E-state index contributed by atoms with van der Waals surface area (Å²) < 4.78 is 20.3. The first-order chi connectivity index (χ1) is 19.9. The van der Waals surface area contributed by atoms with Crippen LogP contribution >= 0.6 is 0 Å². The fourth-order valence-corrected chi connectivity index (χ4v) is 6.34. The van der Waals surface area contributed by atoms with E-state index in [0.29, 0.717) is 55.1 Å². The van der Waals surface area contributed by atoms with Crippen molar-refractivity contribution in [2.75, 3.05) is 13.7 Å². The summed E-state index contributed by atoms with van der Waals surface area (Å²) in [6, 6.07) is 14.4. The lowest BCUT2D eigenvalue weighted by Crippen LogP contribution is -2.47. The van der Waals surface area contributed by atoms with Gasteiger partial charge in [-0.05, 0) is 80.3 Å². The average Bonchev–Trinajstić information content (AvgIpc) is 3.68. The number of halogens is 1. The number of aliphatic imine (C=N–C) groups is 1. The molecule has 3 aliphatic rings. The summed E-state index contributed by atoms with van der Waals surface area (Å²) in [5, 5.41) is 0. The van der Waals surface area contributed by atoms with Gasteiger partial charge in [0, 0.05) is 60.1 Å². The molecule has 3 heterocycles. The molecule has 2 fully saturated rings. The molecule has 3 aromatic rings. The van der Waals surface area contributed by atoms with Crippen molar-refractivity contribution in [2.45, 2.75) is 64.6 Å². The van der Waals surface area contributed by atoms with Crippen LogP contribution in [0.3, 0.4) is 0 Å². The van der Waals surface area contributed by atoms with E-state index in [1.54, 1.807) is 18.3 Å². The van der Waals surface area contributed by atoms with Crippen molar-refractivity contribution in [3.05, 3.63) is 94.1 Å². The predicted molar refractivity (Wildman–Crippen MR) is 156 cm³/mol. The molecule has 2 aliphatic heterocycles. The summed E-state index contributed by atoms with van der Waals surface area (Å²) in [6.07, 6.45) is 6.47. The summed E-state index contributed by atoms with van der Waals surface area (Å²) in [7, 11) is 1.54. The van der Waals surface area contributed by atoms with Gasteiger partial charge in [-0.15, -0.1) is 0 Å². The minimum Gasteiger partial charge on any atom is -0.496 e. The topological polar surface area (TPSA) is 71.9 Å². The lowest BCUT2D eigenvalue weighted by atomic mass is 9.85. The second-order valence-corrected chi connectivity index (χ2v) is 11.8. The first-order valence-electron chi connectivity index (χ1n) is 14.6. The van der Waals surface area contributed by atoms with E-state index < -0.39 is 0 Å². The number of Topliss-reactive ketones (excluding diaryl/α,β-unsaturated/α-hetero) is 2. The number of methoxy groups -OCH3 is 1. The van der Waals surface area contributed by atoms with Gasteiger partial charge in [0.15, 0.2) is 5.78 Å². The number of hydrogen-bond donors (Lipinski definition) is 0. The van der Waals surface area contributed by atoms with Crippen LogP contribution in [0, 0.1) is 24.6 Å². The lowest BCUT2D eigenvalue weighted by Gasteiger charge is -2.39. The molecule has 6 rings (SSSR count). The van der Waals surface area contributed by atoms with Gasteiger partial charge >= 0.3 is 0 Å². The Morgan fingerprint density at radius 3 is 2.63 bits per heavy atom. The van der Waals surface area contributed by atoms with E-state index in [2.05, 4.69) is 9.88 Å². The maximum Gasteiger partial charge on any atom is 0.163 e. The minimum absolute atomic E-state index is 0.0782. The molecule has 41 heavy (non-hydrogen) atoms. The maximum absolute atomic E-state index is 14.9. The standard InChI is InChI=1S/C34H36FN3O3/c1-21-14-25(12-13-36-21)34-27-17-24(9-10-26(27)18-37-34)31(39)16-23-8-11-30(32(40)15-22-6-7-22)38(19-23)20-28-29(35)4-3-5-33(28)41-2/h3-5,9-10,12-14,17,22-23,30H,6-8,11,15-16,18-20H2,1-2H3/t23-,30-/m0/s1. The van der Waals surface area contributed by atoms with Gasteiger partial charge in [-0.3, -0.25) is 24.5 Å². The Labute approximate surface area is 240 Å². The van der Waals surface area contributed by atoms with Gasteiger partial charge in [-0.2, -0.15) is 0 Å². The molecular weight excluding hydrogens is 517 g/mol. The van der Waals surface area contributed by atoms with Gasteiger partial charge in [0.2, 0.25) is 0 Å². The number of nitrogens with zero attached hydrogens (tertiary/aromatic N) is 3. The van der Waals surface area contributed by atoms with Gasteiger partial charge in [0.25, 0.3) is 0 Å². The highest BCUT2D eigenvalue weighted by Gasteiger charge is 2.37. The minimum atomic E-state index is -0.337. The number of pyridine rings is 1. The van der Waals surface area contributed by atoms with Crippen LogP contribution in [-0.2, 0) is 17.9 Å². The van der Waals surface area contributed by atoms with E-state index in [9.17, 15) is 14.0 Å². The lowest BCUT2D eigenvalue weighted by molar-refractivity contribution is -0.126. The number of rotatable bonds is 10. The number of carbonyl (C=O) groups is 2. The predicted octanol–water partition coefficient (Wildman–Crippen LogP) is 6.11. The number of benzene rings is 2. The Hall–Kier alpha value is -3.71. The third-order valence-corrected chi connectivity index (χ3v) is 8.74. The maximum atomic E-state index is 14.9. The van der Waals surface area contributed by atoms with Crippen LogP contribution in [-0.4, -0.2) is 46.9 Å². The van der Waals surface area contributed by atoms with Gasteiger partial charge in [0.1, 0.15) is 17.3 Å². The van der Waals surface area contributed by atoms with Crippen LogP contribution in [0.1, 0.15) is 76.8 Å². The average molecular weight is 554 g/mol. The number of piperidine rings is 1. The van der Waals surface area contributed by atoms with Crippen LogP contribution < -0.4 is 4.74 Å². The van der Waals surface area contributed by atoms with Crippen LogP contribution in [0.2, 0.25) is 0 Å². The quantitative estimate of drug-likeness (QED) is 0.283. The van der Waals surface area contributed by atoms with Gasteiger partial charge in [0.05, 0.1) is 25.4 Å². The third kappa shape index (κ3) is 6.01. The highest BCUT2D eigenvalue weighted by Crippen LogP contribution is 2.36. The van der Waals surface area contributed by atoms with E-state index in [4.69, 9.17) is 9.73 Å². The van der Waals surface area contributed by atoms with Crippen LogP contribution in [0.15, 0.2) is 59.7 Å². The second kappa shape index (κ2) is 11.6. The molecule has 2 aromatic carbocycles. The van der Waals surface area contributed by atoms with Crippen molar-refractivity contribution < 1.29 is 18.7 Å². The molecule has 1 saturated heterocycles. The Morgan fingerprint density at radius 1 is 1.02 bits per heavy atom. The van der Waals surface area contributed by atoms with Crippen molar-refractivity contribution in [1.29, 1.82) is 0 Å². The SMILES string of the molecule is COc1cccc(F)c1CN1C[C@H](CC(=O)c2ccc3c(c2)C(c2ccnc(C)c2)=NC3)CC[C@H]1C(=O)CC1CC1. The molecule has 212 valence electrons. The molecule has 0 unspecified atom stereocenters. The fourth-order valence-electron chi connectivity index (χ4n) is 6.34. The molecular formula is C34H36FN3O3. The molecule has 6 nitrogen and oxygen atoms in total. The molecule has 0 N–H and O–H groups in total. The van der Waals surface area contributed by atoms with Crippen molar-refractivity contribution in [2.24, 2.45) is 16.8 Å². The zero-order chi connectivity index (χ0) is 28.5. The molecule has 1 saturated carbocycles. The molecule has 0 bridgehead atoms. The summed E-state index contributed by atoms with van der Waals surface area (Å²) in [5.74, 6) is 1.04. The Balaban J connectivity index is 1.19. The monoisotopic (exact) mass is 553 g/mol. The van der Waals surface area contributed by atoms with Crippen molar-refractivity contribution >= 4 is 17.3 Å². The molecule has 2 atom stereocenters. The normalized spacial score (nSPS) is 20.4. The summed E-state index contributed by atoms with van der Waals surface area (Å²) in [6.45, 7) is 3.41. The largest absolute Gasteiger partial charge is 0.496 e. The Morgan fingerprint density at radius 2 is 1.85 bits per heavy atom. The van der Waals surface area contributed by atoms with E-state index >= 15 is 0 Å². The first-order valence-corrected chi connectivity index (χ1v) is 14.6. The zero-order valence-electron chi connectivity index (χ0n) is 23.7. The Kier molecular flexibility index (Phi) is 7.80. The highest BCUT2D eigenvalue weighted by atomic mass is 19.1. The number of hydrogen-bond acceptors (Lipinski definition) is 6. The molecule has 0 amide bonds. The number of aromatic nitrogens is 1. The smallest absolute Gasteiger partial charge is 0.163 e. The third-order valence-electron chi connectivity index (χ3n) is 8.74. The van der Waals surface area contributed by atoms with Crippen molar-refractivity contribution in [3.8, 4) is 5.75 Å². The summed E-state index contributed by atoms with van der Waals surface area (Å²) in [5.41, 5.74) is 6.10. The first kappa shape index (κ1) is 27.5. The summed E-state index contributed by atoms with van der Waals surface area (Å²) >= 11 is 0. The van der Waals surface area contributed by atoms with Crippen LogP contribution in [0.4, 0.5) is 4.39 Å². The van der Waals surface area contributed by atoms with Gasteiger partial charge in [-0.1, -0.05) is 18.2 Å². The van der Waals surface area contributed by atoms with Gasteiger partial charge in [-0.25, -0.2) is 4.39 Å². The zero-order valence-corrected chi connectivity index (χ0v) is 23.7. The molecule has 1 aromatic heterocycles. The number of ether oxygens (including phenoxy) is 1. The van der Waals surface area contributed by atoms with Crippen LogP contribution in [0.25, 0.3) is 0 Å². The second-order valence-electron chi connectivity index (χ2n) is 11.8. The van der Waals surface area contributed by atoms with E-state index in [1.807, 2.05) is 37.3 Å². The van der Waals surface area contributed by atoms with Gasteiger partial charge < -0.3 is 4.74 Å². The highest BCUT2D eigenvalue weighted by molar-refractivity contribution is 6.16. The van der Waals surface area contributed by atoms with Crippen molar-refractivity contribution in [3.63, 3.8) is 0 Å². The number of likely N-dealkylation sites (tertiary alicyclic amines) is 1. The molecule has 1 aliphatic carbocycles. The fraction of sp³-hybridized carbons (Fsp3) is 0.412. The Bertz CT molecular complexity index is 1510.